The SMILES string of the molecule is CCOc1ccc(C(=O)C(F)(F)F)c(OCC)c1OCC. The number of hydrogen-bond acceptors (Lipinski definition) is 4. The molecule has 21 heavy (non-hydrogen) atoms. The van der Waals surface area contributed by atoms with Gasteiger partial charge in [-0.25, -0.2) is 0 Å². The summed E-state index contributed by atoms with van der Waals surface area (Å²) < 4.78 is 53.7. The molecule has 0 bridgehead atoms. The van der Waals surface area contributed by atoms with Gasteiger partial charge in [-0.2, -0.15) is 13.2 Å². The Labute approximate surface area is 120 Å². The predicted octanol–water partition coefficient (Wildman–Crippen LogP) is 3.63. The number of rotatable bonds is 7. The highest BCUT2D eigenvalue weighted by molar-refractivity contribution is 6.03. The van der Waals surface area contributed by atoms with E-state index in [4.69, 9.17) is 14.2 Å². The van der Waals surface area contributed by atoms with Gasteiger partial charge in [0.2, 0.25) is 5.75 Å². The molecule has 0 fully saturated rings. The van der Waals surface area contributed by atoms with Crippen LogP contribution in [-0.2, 0) is 0 Å². The van der Waals surface area contributed by atoms with E-state index in [9.17, 15) is 18.0 Å². The fraction of sp³-hybridized carbons (Fsp3) is 0.500. The van der Waals surface area contributed by atoms with Crippen LogP contribution >= 0.6 is 0 Å². The van der Waals surface area contributed by atoms with Crippen molar-refractivity contribution in [2.45, 2.75) is 26.9 Å². The first kappa shape index (κ1) is 17.1. The molecule has 1 aromatic carbocycles. The second-order valence-corrected chi connectivity index (χ2v) is 3.90. The van der Waals surface area contributed by atoms with Gasteiger partial charge in [0.05, 0.1) is 25.4 Å². The Morgan fingerprint density at radius 3 is 1.95 bits per heavy atom. The van der Waals surface area contributed by atoms with E-state index in [1.165, 1.54) is 6.07 Å². The maximum absolute atomic E-state index is 12.6. The molecule has 118 valence electrons. The minimum Gasteiger partial charge on any atom is -0.490 e. The largest absolute Gasteiger partial charge is 0.490 e. The van der Waals surface area contributed by atoms with Gasteiger partial charge in [-0.05, 0) is 32.9 Å². The van der Waals surface area contributed by atoms with Gasteiger partial charge in [0, 0.05) is 0 Å². The van der Waals surface area contributed by atoms with E-state index >= 15 is 0 Å². The highest BCUT2D eigenvalue weighted by atomic mass is 19.4. The van der Waals surface area contributed by atoms with Gasteiger partial charge in [0.25, 0.3) is 5.78 Å². The molecule has 0 atom stereocenters. The zero-order valence-corrected chi connectivity index (χ0v) is 12.0. The lowest BCUT2D eigenvalue weighted by Crippen LogP contribution is -2.23. The average Bonchev–Trinajstić information content (AvgIpc) is 2.41. The Bertz CT molecular complexity index is 498. The van der Waals surface area contributed by atoms with E-state index in [1.807, 2.05) is 0 Å². The molecule has 0 spiro atoms. The van der Waals surface area contributed by atoms with Gasteiger partial charge in [0.15, 0.2) is 11.5 Å². The van der Waals surface area contributed by atoms with Crippen LogP contribution < -0.4 is 14.2 Å². The molecule has 0 N–H and O–H groups in total. The number of benzene rings is 1. The summed E-state index contributed by atoms with van der Waals surface area (Å²) in [5, 5.41) is 0. The second kappa shape index (κ2) is 7.19. The van der Waals surface area contributed by atoms with Crippen molar-refractivity contribution in [3.63, 3.8) is 0 Å². The molecule has 1 aromatic rings. The number of Topliss-reactive ketones (excluding diaryl/α,β-unsaturated/α-hetero) is 1. The number of alkyl halides is 3. The van der Waals surface area contributed by atoms with Crippen molar-refractivity contribution in [3.8, 4) is 17.2 Å². The minimum atomic E-state index is -4.98. The Hall–Kier alpha value is -1.92. The number of ether oxygens (including phenoxy) is 3. The lowest BCUT2D eigenvalue weighted by atomic mass is 10.1. The molecular formula is C14H17F3O4. The van der Waals surface area contributed by atoms with Crippen LogP contribution in [0.15, 0.2) is 12.1 Å². The van der Waals surface area contributed by atoms with Crippen molar-refractivity contribution in [2.75, 3.05) is 19.8 Å². The van der Waals surface area contributed by atoms with E-state index in [0.29, 0.717) is 6.61 Å². The first-order valence-electron chi connectivity index (χ1n) is 6.53. The Balaban J connectivity index is 3.44. The number of ketones is 1. The third-order valence-corrected chi connectivity index (χ3v) is 2.46. The maximum Gasteiger partial charge on any atom is 0.455 e. The highest BCUT2D eigenvalue weighted by Gasteiger charge is 2.42. The van der Waals surface area contributed by atoms with E-state index in [0.717, 1.165) is 6.07 Å². The van der Waals surface area contributed by atoms with Crippen LogP contribution in [0.3, 0.4) is 0 Å². The van der Waals surface area contributed by atoms with Crippen molar-refractivity contribution in [1.29, 1.82) is 0 Å². The fourth-order valence-corrected chi connectivity index (χ4v) is 1.71. The summed E-state index contributed by atoms with van der Waals surface area (Å²) in [4.78, 5) is 11.5. The molecule has 0 saturated carbocycles. The molecule has 0 aromatic heterocycles. The van der Waals surface area contributed by atoms with Crippen molar-refractivity contribution >= 4 is 5.78 Å². The Morgan fingerprint density at radius 2 is 1.48 bits per heavy atom. The zero-order chi connectivity index (χ0) is 16.0. The molecule has 0 aliphatic carbocycles. The number of hydrogen-bond donors (Lipinski definition) is 0. The van der Waals surface area contributed by atoms with Gasteiger partial charge < -0.3 is 14.2 Å². The first-order valence-corrected chi connectivity index (χ1v) is 6.53. The summed E-state index contributed by atoms with van der Waals surface area (Å²) in [7, 11) is 0. The average molecular weight is 306 g/mol. The molecule has 7 heteroatoms. The summed E-state index contributed by atoms with van der Waals surface area (Å²) in [5.41, 5.74) is -0.587. The van der Waals surface area contributed by atoms with Crippen LogP contribution in [-0.4, -0.2) is 31.8 Å². The van der Waals surface area contributed by atoms with E-state index in [2.05, 4.69) is 0 Å². The molecular weight excluding hydrogens is 289 g/mol. The lowest BCUT2D eigenvalue weighted by Gasteiger charge is -2.18. The smallest absolute Gasteiger partial charge is 0.455 e. The molecule has 0 heterocycles. The standard InChI is InChI=1S/C14H17F3O4/c1-4-19-10-8-7-9(13(18)14(15,16)17)11(20-5-2)12(10)21-6-3/h7-8H,4-6H2,1-3H3. The van der Waals surface area contributed by atoms with Crippen LogP contribution in [0.25, 0.3) is 0 Å². The zero-order valence-electron chi connectivity index (χ0n) is 12.0. The monoisotopic (exact) mass is 306 g/mol. The summed E-state index contributed by atoms with van der Waals surface area (Å²) >= 11 is 0. The number of carbonyl (C=O) groups is 1. The van der Waals surface area contributed by atoms with Crippen molar-refractivity contribution in [2.24, 2.45) is 0 Å². The van der Waals surface area contributed by atoms with Crippen LogP contribution in [0.1, 0.15) is 31.1 Å². The number of carbonyl (C=O) groups excluding carboxylic acids is 1. The van der Waals surface area contributed by atoms with Gasteiger partial charge in [0.1, 0.15) is 0 Å². The summed E-state index contributed by atoms with van der Waals surface area (Å²) in [6, 6.07) is 2.31. The Morgan fingerprint density at radius 1 is 0.952 bits per heavy atom. The summed E-state index contributed by atoms with van der Waals surface area (Å²) in [5.74, 6) is -1.97. The van der Waals surface area contributed by atoms with E-state index in [-0.39, 0.29) is 30.5 Å². The molecule has 0 aliphatic rings. The van der Waals surface area contributed by atoms with Crippen molar-refractivity contribution in [1.82, 2.24) is 0 Å². The normalized spacial score (nSPS) is 11.1. The topological polar surface area (TPSA) is 44.8 Å². The molecule has 4 nitrogen and oxygen atoms in total. The van der Waals surface area contributed by atoms with Gasteiger partial charge in [-0.3, -0.25) is 4.79 Å². The van der Waals surface area contributed by atoms with Crippen LogP contribution in [0, 0.1) is 0 Å². The molecule has 0 unspecified atom stereocenters. The van der Waals surface area contributed by atoms with Crippen molar-refractivity contribution in [3.05, 3.63) is 17.7 Å². The lowest BCUT2D eigenvalue weighted by molar-refractivity contribution is -0.0886. The quantitative estimate of drug-likeness (QED) is 0.722. The third kappa shape index (κ3) is 4.03. The molecule has 0 radical (unpaired) electrons. The first-order chi connectivity index (χ1) is 9.86. The Kier molecular flexibility index (Phi) is 5.87. The molecule has 0 saturated heterocycles. The number of halogens is 3. The van der Waals surface area contributed by atoms with Gasteiger partial charge in [-0.15, -0.1) is 0 Å². The summed E-state index contributed by atoms with van der Waals surface area (Å²) in [6.07, 6.45) is -4.98. The second-order valence-electron chi connectivity index (χ2n) is 3.90. The highest BCUT2D eigenvalue weighted by Crippen LogP contribution is 2.42. The van der Waals surface area contributed by atoms with Crippen LogP contribution in [0.4, 0.5) is 13.2 Å². The van der Waals surface area contributed by atoms with Gasteiger partial charge >= 0.3 is 6.18 Å². The fourth-order valence-electron chi connectivity index (χ4n) is 1.71. The molecule has 0 aliphatic heterocycles. The van der Waals surface area contributed by atoms with Crippen molar-refractivity contribution < 1.29 is 32.2 Å². The molecule has 1 rings (SSSR count). The minimum absolute atomic E-state index is 0.0105. The maximum atomic E-state index is 12.6. The third-order valence-electron chi connectivity index (χ3n) is 2.46. The predicted molar refractivity (Wildman–Crippen MR) is 70.3 cm³/mol. The van der Waals surface area contributed by atoms with Crippen LogP contribution in [0.5, 0.6) is 17.2 Å². The molecule has 0 amide bonds. The summed E-state index contributed by atoms with van der Waals surface area (Å²) in [6.45, 7) is 5.59. The van der Waals surface area contributed by atoms with E-state index in [1.54, 1.807) is 20.8 Å². The van der Waals surface area contributed by atoms with Crippen LogP contribution in [0.2, 0.25) is 0 Å². The van der Waals surface area contributed by atoms with E-state index < -0.39 is 17.5 Å². The van der Waals surface area contributed by atoms with Gasteiger partial charge in [-0.1, -0.05) is 0 Å².